The van der Waals surface area contributed by atoms with E-state index in [1.165, 1.54) is 6.20 Å². The lowest BCUT2D eigenvalue weighted by atomic mass is 9.71. The number of halogens is 2. The van der Waals surface area contributed by atoms with Crippen LogP contribution in [0.15, 0.2) is 36.0 Å². The molecule has 0 spiro atoms. The Balaban J connectivity index is 1.40. The number of carbonyl (C=O) groups is 1. The van der Waals surface area contributed by atoms with Gasteiger partial charge in [0.15, 0.2) is 0 Å². The highest BCUT2D eigenvalue weighted by Gasteiger charge is 2.37. The number of aliphatic carboxylic acids is 1. The first-order valence-electron chi connectivity index (χ1n) is 12.0. The maximum atomic E-state index is 15.7. The standard InChI is InChI=1S/C26H31ClFN3O3S/c1-34-18-4-5-22-19(15-18)25(20(27)17-30-22)21(28)6-7-26(16-24(32)33)8-12-31(13-9-26)11-2-3-23-29-10-14-35-23/h4-5,10,14-15,17,21H,2-3,6-9,11-13,16H2,1H3,(H,32,33)/t21-/m1/s1. The number of hydrogen-bond acceptors (Lipinski definition) is 6. The van der Waals surface area contributed by atoms with E-state index in [0.29, 0.717) is 28.6 Å². The lowest BCUT2D eigenvalue weighted by Crippen LogP contribution is -2.41. The maximum absolute atomic E-state index is 15.7. The van der Waals surface area contributed by atoms with Crippen molar-refractivity contribution >= 4 is 39.8 Å². The number of nitrogens with zero attached hydrogens (tertiary/aromatic N) is 3. The van der Waals surface area contributed by atoms with E-state index < -0.39 is 17.6 Å². The number of carboxylic acid groups (broad SMARTS) is 1. The molecule has 0 aliphatic carbocycles. The molecule has 2 aromatic heterocycles. The van der Waals surface area contributed by atoms with E-state index in [4.69, 9.17) is 16.3 Å². The summed E-state index contributed by atoms with van der Waals surface area (Å²) in [6, 6.07) is 5.33. The molecule has 1 aromatic carbocycles. The number of aromatic nitrogens is 2. The highest BCUT2D eigenvalue weighted by molar-refractivity contribution is 7.09. The molecule has 3 heterocycles. The molecule has 9 heteroatoms. The van der Waals surface area contributed by atoms with Crippen molar-refractivity contribution in [2.45, 2.75) is 51.1 Å². The van der Waals surface area contributed by atoms with Crippen LogP contribution in [0.5, 0.6) is 5.75 Å². The monoisotopic (exact) mass is 519 g/mol. The SMILES string of the molecule is COc1ccc2ncc(Cl)c([C@H](F)CCC3(CC(=O)O)CCN(CCCc4nccs4)CC3)c2c1. The molecule has 4 rings (SSSR count). The molecule has 1 saturated heterocycles. The van der Waals surface area contributed by atoms with Gasteiger partial charge in [-0.15, -0.1) is 11.3 Å². The number of likely N-dealkylation sites (tertiary alicyclic amines) is 1. The fourth-order valence-corrected chi connectivity index (χ4v) is 6.04. The van der Waals surface area contributed by atoms with Crippen LogP contribution in [0.25, 0.3) is 10.9 Å². The Bertz CT molecular complexity index is 1140. The third kappa shape index (κ3) is 6.48. The number of pyridine rings is 1. The van der Waals surface area contributed by atoms with Gasteiger partial charge in [-0.25, -0.2) is 9.37 Å². The van der Waals surface area contributed by atoms with Crippen molar-refractivity contribution in [1.82, 2.24) is 14.9 Å². The number of alkyl halides is 1. The first kappa shape index (κ1) is 25.8. The number of rotatable bonds is 11. The second kappa shape index (κ2) is 11.6. The Hall–Kier alpha value is -2.29. The number of benzene rings is 1. The summed E-state index contributed by atoms with van der Waals surface area (Å²) in [4.78, 5) is 22.7. The van der Waals surface area contributed by atoms with Gasteiger partial charge in [0.1, 0.15) is 11.9 Å². The lowest BCUT2D eigenvalue weighted by molar-refractivity contribution is -0.141. The van der Waals surface area contributed by atoms with Crippen LogP contribution in [0.2, 0.25) is 5.02 Å². The predicted octanol–water partition coefficient (Wildman–Crippen LogP) is 6.33. The number of methoxy groups -OCH3 is 1. The average molecular weight is 520 g/mol. The van der Waals surface area contributed by atoms with Crippen molar-refractivity contribution in [3.8, 4) is 5.75 Å². The number of aryl methyl sites for hydroxylation is 1. The van der Waals surface area contributed by atoms with Gasteiger partial charge in [-0.1, -0.05) is 11.6 Å². The molecule has 0 bridgehead atoms. The van der Waals surface area contributed by atoms with Crippen LogP contribution in [0.4, 0.5) is 4.39 Å². The normalized spacial score (nSPS) is 16.9. The summed E-state index contributed by atoms with van der Waals surface area (Å²) in [5.41, 5.74) is 0.648. The Morgan fingerprint density at radius 2 is 2.14 bits per heavy atom. The molecule has 0 saturated carbocycles. The highest BCUT2D eigenvalue weighted by Crippen LogP contribution is 2.44. The van der Waals surface area contributed by atoms with E-state index >= 15 is 4.39 Å². The summed E-state index contributed by atoms with van der Waals surface area (Å²) >= 11 is 8.07. The third-order valence-corrected chi connectivity index (χ3v) is 8.24. The van der Waals surface area contributed by atoms with Crippen molar-refractivity contribution in [1.29, 1.82) is 0 Å². The van der Waals surface area contributed by atoms with Crippen molar-refractivity contribution < 1.29 is 19.0 Å². The van der Waals surface area contributed by atoms with Gasteiger partial charge < -0.3 is 14.7 Å². The van der Waals surface area contributed by atoms with Gasteiger partial charge in [0.2, 0.25) is 0 Å². The minimum absolute atomic E-state index is 0.0608. The fourth-order valence-electron chi connectivity index (χ4n) is 5.11. The van der Waals surface area contributed by atoms with Crippen molar-refractivity contribution in [2.24, 2.45) is 5.41 Å². The average Bonchev–Trinajstić information content (AvgIpc) is 3.36. The number of ether oxygens (including phenoxy) is 1. The van der Waals surface area contributed by atoms with E-state index in [-0.39, 0.29) is 17.9 Å². The number of fused-ring (bicyclic) bond motifs is 1. The fraction of sp³-hybridized carbons (Fsp3) is 0.500. The third-order valence-electron chi connectivity index (χ3n) is 7.10. The maximum Gasteiger partial charge on any atom is 0.303 e. The highest BCUT2D eigenvalue weighted by atomic mass is 35.5. The van der Waals surface area contributed by atoms with Gasteiger partial charge in [-0.2, -0.15) is 0 Å². The number of piperidine rings is 1. The summed E-state index contributed by atoms with van der Waals surface area (Å²) in [7, 11) is 1.56. The molecule has 3 aromatic rings. The molecule has 188 valence electrons. The van der Waals surface area contributed by atoms with Crippen molar-refractivity contribution in [3.05, 3.63) is 51.6 Å². The van der Waals surface area contributed by atoms with Crippen molar-refractivity contribution in [3.63, 3.8) is 0 Å². The summed E-state index contributed by atoms with van der Waals surface area (Å²) in [5, 5.41) is 13.7. The topological polar surface area (TPSA) is 75.6 Å². The lowest BCUT2D eigenvalue weighted by Gasteiger charge is -2.41. The molecule has 1 N–H and O–H groups in total. The number of thiazole rings is 1. The van der Waals surface area contributed by atoms with Crippen LogP contribution < -0.4 is 4.74 Å². The van der Waals surface area contributed by atoms with Crippen molar-refractivity contribution in [2.75, 3.05) is 26.7 Å². The molecule has 1 fully saturated rings. The summed E-state index contributed by atoms with van der Waals surface area (Å²) in [6.45, 7) is 2.63. The summed E-state index contributed by atoms with van der Waals surface area (Å²) in [6.07, 6.45) is 6.27. The molecule has 0 amide bonds. The van der Waals surface area contributed by atoms with E-state index in [1.54, 1.807) is 36.6 Å². The minimum Gasteiger partial charge on any atom is -0.497 e. The molecular weight excluding hydrogens is 489 g/mol. The van der Waals surface area contributed by atoms with Crippen LogP contribution in [0.3, 0.4) is 0 Å². The molecule has 1 aliphatic rings. The molecule has 6 nitrogen and oxygen atoms in total. The van der Waals surface area contributed by atoms with E-state index in [9.17, 15) is 9.90 Å². The molecule has 1 aliphatic heterocycles. The molecule has 0 radical (unpaired) electrons. The minimum atomic E-state index is -1.32. The molecule has 35 heavy (non-hydrogen) atoms. The second-order valence-electron chi connectivity index (χ2n) is 9.35. The van der Waals surface area contributed by atoms with Gasteiger partial charge >= 0.3 is 5.97 Å². The molecule has 1 atom stereocenters. The zero-order valence-electron chi connectivity index (χ0n) is 19.9. The van der Waals surface area contributed by atoms with E-state index in [0.717, 1.165) is 50.3 Å². The second-order valence-corrected chi connectivity index (χ2v) is 10.7. The molecule has 0 unspecified atom stereocenters. The zero-order chi connectivity index (χ0) is 24.8. The molecular formula is C26H31ClFN3O3S. The Morgan fingerprint density at radius 3 is 2.83 bits per heavy atom. The number of hydrogen-bond donors (Lipinski definition) is 1. The number of carboxylic acids is 1. The Morgan fingerprint density at radius 1 is 1.34 bits per heavy atom. The largest absolute Gasteiger partial charge is 0.497 e. The first-order valence-corrected chi connectivity index (χ1v) is 13.2. The Labute approximate surface area is 214 Å². The zero-order valence-corrected chi connectivity index (χ0v) is 21.5. The van der Waals surface area contributed by atoms with E-state index in [2.05, 4.69) is 14.9 Å². The Kier molecular flexibility index (Phi) is 8.57. The van der Waals surface area contributed by atoms with Crippen LogP contribution in [-0.2, 0) is 11.2 Å². The van der Waals surface area contributed by atoms with Crippen LogP contribution >= 0.6 is 22.9 Å². The van der Waals surface area contributed by atoms with Gasteiger partial charge in [-0.3, -0.25) is 9.78 Å². The summed E-state index contributed by atoms with van der Waals surface area (Å²) < 4.78 is 21.0. The van der Waals surface area contributed by atoms with Crippen LogP contribution in [-0.4, -0.2) is 52.7 Å². The summed E-state index contributed by atoms with van der Waals surface area (Å²) in [5.74, 6) is -0.214. The van der Waals surface area contributed by atoms with Crippen LogP contribution in [0.1, 0.15) is 55.3 Å². The van der Waals surface area contributed by atoms with E-state index in [1.807, 2.05) is 11.6 Å². The smallest absolute Gasteiger partial charge is 0.303 e. The van der Waals surface area contributed by atoms with Gasteiger partial charge in [0, 0.05) is 35.1 Å². The van der Waals surface area contributed by atoms with Gasteiger partial charge in [0.25, 0.3) is 0 Å². The predicted molar refractivity (Wildman–Crippen MR) is 137 cm³/mol. The van der Waals surface area contributed by atoms with Gasteiger partial charge in [-0.05, 0) is 75.4 Å². The quantitative estimate of drug-likeness (QED) is 0.319. The van der Waals surface area contributed by atoms with Crippen LogP contribution in [0, 0.1) is 5.41 Å². The first-order chi connectivity index (χ1) is 16.9. The van der Waals surface area contributed by atoms with Gasteiger partial charge in [0.05, 0.1) is 29.1 Å².